The number of aromatic nitrogens is 1. The lowest BCUT2D eigenvalue weighted by molar-refractivity contribution is -0.137. The minimum atomic E-state index is -4.87. The third-order valence-electron chi connectivity index (χ3n) is 9.95. The second-order valence-electron chi connectivity index (χ2n) is 12.5. The van der Waals surface area contributed by atoms with Crippen LogP contribution in [0.4, 0.5) is 10.1 Å². The molecule has 3 aliphatic rings. The first kappa shape index (κ1) is 36.8. The summed E-state index contributed by atoms with van der Waals surface area (Å²) in [6, 6.07) is 9.34. The van der Waals surface area contributed by atoms with Crippen LogP contribution in [-0.2, 0) is 25.0 Å². The van der Waals surface area contributed by atoms with E-state index in [1.54, 1.807) is 11.9 Å². The highest BCUT2D eigenvalue weighted by Crippen LogP contribution is 2.52. The zero-order chi connectivity index (χ0) is 36.5. The predicted molar refractivity (Wildman–Crippen MR) is 188 cm³/mol. The van der Waals surface area contributed by atoms with Gasteiger partial charge in [-0.3, -0.25) is 19.9 Å². The van der Waals surface area contributed by atoms with Crippen molar-refractivity contribution in [2.45, 2.75) is 43.0 Å². The third-order valence-corrected chi connectivity index (χ3v) is 12.0. The molecule has 3 aromatic rings. The number of sulfonamides is 1. The van der Waals surface area contributed by atoms with Crippen molar-refractivity contribution >= 4 is 39.1 Å². The molecule has 3 aliphatic heterocycles. The number of piperidine rings is 1. The largest absolute Gasteiger partial charge is 0.497 e. The molecule has 1 N–H and O–H groups in total. The molecule has 16 heteroatoms. The van der Waals surface area contributed by atoms with Gasteiger partial charge in [-0.15, -0.1) is 0 Å². The Morgan fingerprint density at radius 1 is 1.02 bits per heavy atom. The number of benzene rings is 2. The number of carbonyl (C=O) groups is 2. The number of nitrogens with one attached hydrogen (secondary N) is 1. The van der Waals surface area contributed by atoms with Crippen LogP contribution in [0.15, 0.2) is 53.6 Å². The maximum atomic E-state index is 15.3. The Kier molecular flexibility index (Phi) is 10.7. The lowest BCUT2D eigenvalue weighted by Crippen LogP contribution is -2.61. The zero-order valence-electron chi connectivity index (χ0n) is 29.0. The van der Waals surface area contributed by atoms with Gasteiger partial charge in [0.05, 0.1) is 31.5 Å². The number of fused-ring (bicyclic) bond motifs is 1. The first-order chi connectivity index (χ1) is 24.5. The monoisotopic (exact) mass is 744 g/mol. The molecule has 1 unspecified atom stereocenters. The average molecular weight is 745 g/mol. The van der Waals surface area contributed by atoms with E-state index in [2.05, 4.69) is 27.1 Å². The summed E-state index contributed by atoms with van der Waals surface area (Å²) in [7, 11) is -2.20. The van der Waals surface area contributed by atoms with Gasteiger partial charge in [0.1, 0.15) is 22.2 Å². The highest BCUT2D eigenvalue weighted by molar-refractivity contribution is 7.93. The standard InChI is InChI=1S/C35H42ClFN6O7S/c1-5-40-14-11-23(12-15-40)41-16-18-42(19-17-41)39-33(44)35(25-8-7-13-38-32(25)50-6-2)26-21-27(36)28(37)22-29(26)43(34(35)45)51(46,47)31-10-9-24(48-3)20-30(31)49-4/h7-10,13,20-23H,5-6,11-12,14-19H2,1-4H3,(H,39,44). The van der Waals surface area contributed by atoms with Crippen LogP contribution in [0.5, 0.6) is 17.4 Å². The fourth-order valence-electron chi connectivity index (χ4n) is 7.26. The molecule has 51 heavy (non-hydrogen) atoms. The van der Waals surface area contributed by atoms with Gasteiger partial charge in [0.25, 0.3) is 21.8 Å². The summed E-state index contributed by atoms with van der Waals surface area (Å²) in [6.45, 7) is 9.39. The first-order valence-electron chi connectivity index (χ1n) is 16.9. The minimum Gasteiger partial charge on any atom is -0.497 e. The van der Waals surface area contributed by atoms with Crippen LogP contribution < -0.4 is 23.9 Å². The smallest absolute Gasteiger partial charge is 0.274 e. The molecule has 0 bridgehead atoms. The van der Waals surface area contributed by atoms with Gasteiger partial charge < -0.3 is 19.1 Å². The van der Waals surface area contributed by atoms with Gasteiger partial charge in [-0.25, -0.2) is 27.1 Å². The van der Waals surface area contributed by atoms with Crippen molar-refractivity contribution in [3.05, 3.63) is 70.6 Å². The highest BCUT2D eigenvalue weighted by Gasteiger charge is 2.63. The number of anilines is 1. The molecular formula is C35H42ClFN6O7S. The molecule has 2 fully saturated rings. The van der Waals surface area contributed by atoms with Crippen LogP contribution in [0.25, 0.3) is 0 Å². The van der Waals surface area contributed by atoms with Gasteiger partial charge in [-0.05, 0) is 63.7 Å². The summed E-state index contributed by atoms with van der Waals surface area (Å²) in [6.07, 6.45) is 3.56. The summed E-state index contributed by atoms with van der Waals surface area (Å²) in [5.74, 6) is -2.94. The highest BCUT2D eigenvalue weighted by atomic mass is 35.5. The number of halogens is 2. The number of nitrogens with zero attached hydrogens (tertiary/aromatic N) is 5. The number of hydrazine groups is 1. The Hall–Kier alpha value is -4.02. The van der Waals surface area contributed by atoms with Crippen LogP contribution in [-0.4, -0.2) is 113 Å². The number of rotatable bonds is 11. The summed E-state index contributed by atoms with van der Waals surface area (Å²) >= 11 is 6.33. The Morgan fingerprint density at radius 2 is 1.75 bits per heavy atom. The number of amides is 2. The number of ether oxygens (including phenoxy) is 3. The van der Waals surface area contributed by atoms with Gasteiger partial charge in [0.15, 0.2) is 5.41 Å². The Bertz CT molecular complexity index is 1900. The third kappa shape index (κ3) is 6.50. The molecule has 2 amide bonds. The number of carbonyl (C=O) groups excluding carboxylic acids is 2. The molecule has 274 valence electrons. The van der Waals surface area contributed by atoms with Crippen molar-refractivity contribution in [3.63, 3.8) is 0 Å². The number of methoxy groups -OCH3 is 2. The Morgan fingerprint density at radius 3 is 2.39 bits per heavy atom. The zero-order valence-corrected chi connectivity index (χ0v) is 30.6. The molecule has 4 heterocycles. The van der Waals surface area contributed by atoms with E-state index in [0.717, 1.165) is 44.6 Å². The maximum absolute atomic E-state index is 15.3. The van der Waals surface area contributed by atoms with E-state index in [1.807, 2.05) is 0 Å². The molecule has 6 rings (SSSR count). The Labute approximate surface area is 302 Å². The normalized spacial score (nSPS) is 20.7. The molecule has 13 nitrogen and oxygen atoms in total. The molecule has 0 radical (unpaired) electrons. The summed E-state index contributed by atoms with van der Waals surface area (Å²) in [5.41, 5.74) is -0.0584. The number of hydrogen-bond acceptors (Lipinski definition) is 11. The lowest BCUT2D eigenvalue weighted by Gasteiger charge is -2.43. The quantitative estimate of drug-likeness (QED) is 0.290. The number of pyridine rings is 1. The van der Waals surface area contributed by atoms with Crippen molar-refractivity contribution in [1.29, 1.82) is 0 Å². The molecule has 0 saturated carbocycles. The van der Waals surface area contributed by atoms with E-state index in [9.17, 15) is 13.2 Å². The van der Waals surface area contributed by atoms with Crippen molar-refractivity contribution in [1.82, 2.24) is 25.2 Å². The second-order valence-corrected chi connectivity index (χ2v) is 14.7. The fraction of sp³-hybridized carbons (Fsp3) is 0.457. The van der Waals surface area contributed by atoms with E-state index < -0.39 is 43.0 Å². The van der Waals surface area contributed by atoms with E-state index in [1.165, 1.54) is 50.7 Å². The van der Waals surface area contributed by atoms with Crippen LogP contribution in [0.3, 0.4) is 0 Å². The lowest BCUT2D eigenvalue weighted by atomic mass is 9.74. The second kappa shape index (κ2) is 14.9. The average Bonchev–Trinajstić information content (AvgIpc) is 3.39. The molecule has 2 saturated heterocycles. The van der Waals surface area contributed by atoms with E-state index >= 15 is 9.18 Å². The molecule has 1 atom stereocenters. The van der Waals surface area contributed by atoms with Crippen LogP contribution in [0.1, 0.15) is 37.8 Å². The molecule has 0 aliphatic carbocycles. The van der Waals surface area contributed by atoms with E-state index in [0.29, 0.717) is 42.3 Å². The first-order valence-corrected chi connectivity index (χ1v) is 18.7. The van der Waals surface area contributed by atoms with Gasteiger partial charge in [-0.2, -0.15) is 0 Å². The molecule has 2 aromatic carbocycles. The SMILES string of the molecule is CCOc1ncccc1C1(C(=O)NN2CCN(C3CCN(CC)CC3)CC2)C(=O)N(S(=O)(=O)c2ccc(OC)cc2OC)c2cc(F)c(Cl)cc21. The summed E-state index contributed by atoms with van der Waals surface area (Å²) in [5, 5.41) is 1.31. The summed E-state index contributed by atoms with van der Waals surface area (Å²) in [4.78, 5) is 38.9. The predicted octanol–water partition coefficient (Wildman–Crippen LogP) is 3.44. The van der Waals surface area contributed by atoms with Crippen molar-refractivity contribution in [2.24, 2.45) is 0 Å². The summed E-state index contributed by atoms with van der Waals surface area (Å²) < 4.78 is 61.4. The number of hydrogen-bond donors (Lipinski definition) is 1. The van der Waals surface area contributed by atoms with Crippen molar-refractivity contribution < 1.29 is 36.6 Å². The van der Waals surface area contributed by atoms with Gasteiger partial charge in [-0.1, -0.05) is 24.6 Å². The molecular weight excluding hydrogens is 703 g/mol. The minimum absolute atomic E-state index is 0.0287. The van der Waals surface area contributed by atoms with Crippen LogP contribution in [0, 0.1) is 5.82 Å². The molecule has 0 spiro atoms. The van der Waals surface area contributed by atoms with Crippen molar-refractivity contribution in [3.8, 4) is 17.4 Å². The van der Waals surface area contributed by atoms with Gasteiger partial charge in [0, 0.05) is 61.7 Å². The van der Waals surface area contributed by atoms with E-state index in [-0.39, 0.29) is 35.1 Å². The van der Waals surface area contributed by atoms with Crippen molar-refractivity contribution in [2.75, 3.05) is 70.9 Å². The number of likely N-dealkylation sites (tertiary alicyclic amines) is 1. The van der Waals surface area contributed by atoms with E-state index in [4.69, 9.17) is 25.8 Å². The number of piperazine rings is 1. The van der Waals surface area contributed by atoms with Crippen LogP contribution in [0.2, 0.25) is 5.02 Å². The Balaban J connectivity index is 1.44. The molecule has 1 aromatic heterocycles. The maximum Gasteiger partial charge on any atom is 0.274 e. The van der Waals surface area contributed by atoms with Crippen LogP contribution >= 0.6 is 11.6 Å². The van der Waals surface area contributed by atoms with Gasteiger partial charge in [0.2, 0.25) is 5.88 Å². The fourth-order valence-corrected chi connectivity index (χ4v) is 9.03. The topological polar surface area (TPSA) is 134 Å². The van der Waals surface area contributed by atoms with Gasteiger partial charge >= 0.3 is 0 Å².